The van der Waals surface area contributed by atoms with Crippen LogP contribution >= 0.6 is 23.8 Å². The zero-order valence-corrected chi connectivity index (χ0v) is 12.2. The molecule has 4 heteroatoms. The maximum absolute atomic E-state index is 6.00. The first-order valence-electron chi connectivity index (χ1n) is 5.57. The van der Waals surface area contributed by atoms with Crippen LogP contribution in [-0.2, 0) is 0 Å². The van der Waals surface area contributed by atoms with Gasteiger partial charge in [0.25, 0.3) is 0 Å². The van der Waals surface area contributed by atoms with Gasteiger partial charge in [-0.2, -0.15) is 0 Å². The average molecular weight is 271 g/mol. The van der Waals surface area contributed by atoms with Crippen LogP contribution < -0.4 is 11.1 Å². The summed E-state index contributed by atoms with van der Waals surface area (Å²) in [5.41, 5.74) is 7.58. The topological polar surface area (TPSA) is 38.0 Å². The van der Waals surface area contributed by atoms with E-state index in [0.29, 0.717) is 10.0 Å². The van der Waals surface area contributed by atoms with E-state index >= 15 is 0 Å². The molecule has 1 aromatic rings. The van der Waals surface area contributed by atoms with Crippen molar-refractivity contribution < 1.29 is 0 Å². The molecule has 2 nitrogen and oxygen atoms in total. The normalized spacial score (nSPS) is 13.2. The number of benzene rings is 1. The Hall–Kier alpha value is -0.800. The number of rotatable bonds is 3. The molecular weight excluding hydrogens is 252 g/mol. The Morgan fingerprint density at radius 3 is 2.47 bits per heavy atom. The van der Waals surface area contributed by atoms with Gasteiger partial charge in [-0.05, 0) is 30.5 Å². The van der Waals surface area contributed by atoms with Gasteiger partial charge >= 0.3 is 0 Å². The number of nitrogens with one attached hydrogen (secondary N) is 1. The molecule has 0 fully saturated rings. The van der Waals surface area contributed by atoms with Gasteiger partial charge in [0.05, 0.1) is 0 Å². The van der Waals surface area contributed by atoms with Crippen LogP contribution in [0.15, 0.2) is 18.2 Å². The molecule has 0 bridgehead atoms. The Labute approximate surface area is 114 Å². The highest BCUT2D eigenvalue weighted by Crippen LogP contribution is 2.27. The highest BCUT2D eigenvalue weighted by molar-refractivity contribution is 7.80. The van der Waals surface area contributed by atoms with E-state index in [4.69, 9.17) is 29.6 Å². The van der Waals surface area contributed by atoms with Crippen molar-refractivity contribution >= 4 is 34.5 Å². The van der Waals surface area contributed by atoms with Crippen LogP contribution in [0.4, 0.5) is 5.69 Å². The smallest absolute Gasteiger partial charge is 0.106 e. The predicted molar refractivity (Wildman–Crippen MR) is 79.9 cm³/mol. The molecule has 1 rings (SSSR count). The van der Waals surface area contributed by atoms with E-state index in [9.17, 15) is 0 Å². The zero-order valence-electron chi connectivity index (χ0n) is 10.7. The molecule has 0 amide bonds. The molecule has 1 aromatic carbocycles. The summed E-state index contributed by atoms with van der Waals surface area (Å²) in [7, 11) is 0. The van der Waals surface area contributed by atoms with Gasteiger partial charge in [0.1, 0.15) is 4.99 Å². The van der Waals surface area contributed by atoms with Crippen molar-refractivity contribution in [1.29, 1.82) is 0 Å². The summed E-state index contributed by atoms with van der Waals surface area (Å²) in [6.45, 7) is 8.66. The maximum Gasteiger partial charge on any atom is 0.106 e. The highest BCUT2D eigenvalue weighted by Gasteiger charge is 2.20. The standard InChI is InChI=1S/C13H19ClN2S/c1-8(13(2,3)4)16-11-7-9(14)5-6-10(11)12(15)17/h5-8,16H,1-4H3,(H2,15,17). The summed E-state index contributed by atoms with van der Waals surface area (Å²) in [5.74, 6) is 0. The van der Waals surface area contributed by atoms with Crippen LogP contribution in [0.1, 0.15) is 33.3 Å². The Morgan fingerprint density at radius 1 is 1.41 bits per heavy atom. The van der Waals surface area contributed by atoms with Gasteiger partial charge < -0.3 is 11.1 Å². The Bertz CT molecular complexity index is 424. The SMILES string of the molecule is CC(Nc1cc(Cl)ccc1C(N)=S)C(C)(C)C. The van der Waals surface area contributed by atoms with Crippen molar-refractivity contribution in [2.45, 2.75) is 33.7 Å². The molecule has 94 valence electrons. The van der Waals surface area contributed by atoms with Crippen molar-refractivity contribution in [3.8, 4) is 0 Å². The number of hydrogen-bond acceptors (Lipinski definition) is 2. The lowest BCUT2D eigenvalue weighted by atomic mass is 9.88. The molecule has 0 saturated heterocycles. The van der Waals surface area contributed by atoms with E-state index < -0.39 is 0 Å². The minimum absolute atomic E-state index is 0.149. The number of anilines is 1. The van der Waals surface area contributed by atoms with Crippen LogP contribution in [0.5, 0.6) is 0 Å². The monoisotopic (exact) mass is 270 g/mol. The summed E-state index contributed by atoms with van der Waals surface area (Å²) in [6.07, 6.45) is 0. The van der Waals surface area contributed by atoms with Gasteiger partial charge in [-0.3, -0.25) is 0 Å². The summed E-state index contributed by atoms with van der Waals surface area (Å²) in [4.78, 5) is 0.380. The average Bonchev–Trinajstić information content (AvgIpc) is 2.15. The quantitative estimate of drug-likeness (QED) is 0.820. The number of thiocarbonyl (C=S) groups is 1. The molecule has 0 aliphatic rings. The molecule has 0 aliphatic carbocycles. The number of halogens is 1. The van der Waals surface area contributed by atoms with Crippen LogP contribution in [0.25, 0.3) is 0 Å². The summed E-state index contributed by atoms with van der Waals surface area (Å²) in [5, 5.41) is 4.10. The molecule has 0 spiro atoms. The van der Waals surface area contributed by atoms with Crippen molar-refractivity contribution in [1.82, 2.24) is 0 Å². The second-order valence-electron chi connectivity index (χ2n) is 5.29. The second kappa shape index (κ2) is 5.23. The summed E-state index contributed by atoms with van der Waals surface area (Å²) >= 11 is 11.0. The van der Waals surface area contributed by atoms with Gasteiger partial charge in [0, 0.05) is 22.3 Å². The van der Waals surface area contributed by atoms with E-state index in [-0.39, 0.29) is 11.5 Å². The molecule has 3 N–H and O–H groups in total. The van der Waals surface area contributed by atoms with Gasteiger partial charge in [-0.1, -0.05) is 44.6 Å². The highest BCUT2D eigenvalue weighted by atomic mass is 35.5. The van der Waals surface area contributed by atoms with Crippen molar-refractivity contribution in [3.63, 3.8) is 0 Å². The molecule has 1 atom stereocenters. The first-order chi connectivity index (χ1) is 7.71. The third-order valence-electron chi connectivity index (χ3n) is 2.92. The Morgan fingerprint density at radius 2 is 2.00 bits per heavy atom. The Kier molecular flexibility index (Phi) is 4.39. The largest absolute Gasteiger partial charge is 0.389 e. The second-order valence-corrected chi connectivity index (χ2v) is 6.16. The summed E-state index contributed by atoms with van der Waals surface area (Å²) in [6, 6.07) is 5.79. The molecule has 0 radical (unpaired) electrons. The minimum Gasteiger partial charge on any atom is -0.389 e. The molecule has 17 heavy (non-hydrogen) atoms. The lowest BCUT2D eigenvalue weighted by Gasteiger charge is -2.29. The fraction of sp³-hybridized carbons (Fsp3) is 0.462. The van der Waals surface area contributed by atoms with E-state index in [2.05, 4.69) is 33.0 Å². The van der Waals surface area contributed by atoms with Crippen LogP contribution in [0.3, 0.4) is 0 Å². The van der Waals surface area contributed by atoms with Gasteiger partial charge in [0.2, 0.25) is 0 Å². The van der Waals surface area contributed by atoms with Crippen LogP contribution in [0.2, 0.25) is 5.02 Å². The third kappa shape index (κ3) is 3.86. The van der Waals surface area contributed by atoms with E-state index in [1.165, 1.54) is 0 Å². The van der Waals surface area contributed by atoms with Gasteiger partial charge in [0.15, 0.2) is 0 Å². The first-order valence-corrected chi connectivity index (χ1v) is 6.36. The molecule has 0 aliphatic heterocycles. The first kappa shape index (κ1) is 14.3. The Balaban J connectivity index is 3.04. The van der Waals surface area contributed by atoms with Crippen LogP contribution in [-0.4, -0.2) is 11.0 Å². The fourth-order valence-corrected chi connectivity index (χ4v) is 1.65. The van der Waals surface area contributed by atoms with Gasteiger partial charge in [-0.15, -0.1) is 0 Å². The van der Waals surface area contributed by atoms with Crippen molar-refractivity contribution in [2.24, 2.45) is 11.1 Å². The molecular formula is C13H19ClN2S. The van der Waals surface area contributed by atoms with Crippen molar-refractivity contribution in [2.75, 3.05) is 5.32 Å². The minimum atomic E-state index is 0.149. The molecule has 0 heterocycles. The predicted octanol–water partition coefficient (Wildman–Crippen LogP) is 3.82. The lowest BCUT2D eigenvalue weighted by Crippen LogP contribution is -2.31. The zero-order chi connectivity index (χ0) is 13.2. The van der Waals surface area contributed by atoms with E-state index in [1.54, 1.807) is 6.07 Å². The molecule has 1 unspecified atom stereocenters. The van der Waals surface area contributed by atoms with Gasteiger partial charge in [-0.25, -0.2) is 0 Å². The van der Waals surface area contributed by atoms with E-state index in [0.717, 1.165) is 11.3 Å². The number of nitrogens with two attached hydrogens (primary N) is 1. The third-order valence-corrected chi connectivity index (χ3v) is 3.37. The molecule has 0 aromatic heterocycles. The van der Waals surface area contributed by atoms with Crippen LogP contribution in [0, 0.1) is 5.41 Å². The lowest BCUT2D eigenvalue weighted by molar-refractivity contribution is 0.359. The maximum atomic E-state index is 6.00. The molecule has 0 saturated carbocycles. The number of hydrogen-bond donors (Lipinski definition) is 2. The van der Waals surface area contributed by atoms with E-state index in [1.807, 2.05) is 12.1 Å². The van der Waals surface area contributed by atoms with Crippen molar-refractivity contribution in [3.05, 3.63) is 28.8 Å². The summed E-state index contributed by atoms with van der Waals surface area (Å²) < 4.78 is 0. The fourth-order valence-electron chi connectivity index (χ4n) is 1.30.